The van der Waals surface area contributed by atoms with Crippen LogP contribution in [0.15, 0.2) is 22.5 Å². The van der Waals surface area contributed by atoms with Gasteiger partial charge in [-0.25, -0.2) is 4.98 Å². The number of carbonyl (C=O) groups is 7. The Hall–Kier alpha value is -5.56. The van der Waals surface area contributed by atoms with E-state index in [0.717, 1.165) is 19.3 Å². The van der Waals surface area contributed by atoms with Gasteiger partial charge in [0.15, 0.2) is 23.5 Å². The number of aliphatic imine (C=N–C) groups is 2. The molecule has 5 atom stereocenters. The molecule has 0 spiro atoms. The van der Waals surface area contributed by atoms with Crippen molar-refractivity contribution in [3.8, 4) is 0 Å². The van der Waals surface area contributed by atoms with Gasteiger partial charge >= 0.3 is 0 Å². The number of amides is 5. The molecule has 15 N–H and O–H groups in total. The Kier molecular flexibility index (Phi) is 32.4. The van der Waals surface area contributed by atoms with Crippen molar-refractivity contribution in [3.05, 3.63) is 18.2 Å². The molecular weight excluding hydrogens is 871 g/mol. The molecule has 0 saturated heterocycles. The molecule has 0 unspecified atom stereocenters. The van der Waals surface area contributed by atoms with E-state index in [2.05, 4.69) is 48.1 Å². The van der Waals surface area contributed by atoms with Crippen LogP contribution in [0.2, 0.25) is 0 Å². The van der Waals surface area contributed by atoms with Crippen LogP contribution < -0.4 is 49.9 Å². The quantitative estimate of drug-likeness (QED) is 0.0257. The van der Waals surface area contributed by atoms with Gasteiger partial charge in [0.25, 0.3) is 0 Å². The lowest BCUT2D eigenvalue weighted by atomic mass is 9.87. The number of H-pyrrole nitrogens is 1. The molecule has 1 rings (SSSR count). The Labute approximate surface area is 404 Å². The third-order valence-electron chi connectivity index (χ3n) is 11.8. The molecule has 0 aromatic carbocycles. The molecule has 68 heavy (non-hydrogen) atoms. The van der Waals surface area contributed by atoms with Crippen molar-refractivity contribution in [1.29, 1.82) is 0 Å². The Morgan fingerprint density at radius 3 is 1.56 bits per heavy atom. The highest BCUT2D eigenvalue weighted by atomic mass is 16.2. The van der Waals surface area contributed by atoms with Gasteiger partial charge in [-0.3, -0.25) is 43.5 Å². The molecule has 0 aliphatic carbocycles. The Balaban J connectivity index is 3.19. The van der Waals surface area contributed by atoms with Crippen molar-refractivity contribution in [3.63, 3.8) is 0 Å². The number of unbranched alkanes of at least 4 members (excludes halogenated alkanes) is 12. The minimum absolute atomic E-state index is 0.0298. The highest BCUT2D eigenvalue weighted by Gasteiger charge is 2.33. The highest BCUT2D eigenvalue weighted by molar-refractivity contribution is 5.96. The molecule has 1 aromatic heterocycles. The zero-order chi connectivity index (χ0) is 50.7. The van der Waals surface area contributed by atoms with E-state index in [1.54, 1.807) is 6.20 Å². The van der Waals surface area contributed by atoms with Gasteiger partial charge in [0.2, 0.25) is 29.5 Å². The van der Waals surface area contributed by atoms with Gasteiger partial charge in [0, 0.05) is 76.0 Å². The van der Waals surface area contributed by atoms with Gasteiger partial charge in [-0.1, -0.05) is 97.8 Å². The van der Waals surface area contributed by atoms with Gasteiger partial charge in [0.05, 0.1) is 18.4 Å². The Morgan fingerprint density at radius 1 is 0.603 bits per heavy atom. The molecule has 386 valence electrons. The molecule has 20 nitrogen and oxygen atoms in total. The molecule has 0 aliphatic heterocycles. The normalized spacial score (nSPS) is 13.3. The number of nitrogens with one attached hydrogen (secondary N) is 5. The summed E-state index contributed by atoms with van der Waals surface area (Å²) in [5, 5.41) is 11.1. The lowest BCUT2D eigenvalue weighted by molar-refractivity contribution is -0.135. The topological polar surface area (TPSA) is 351 Å². The van der Waals surface area contributed by atoms with Crippen LogP contribution in [0.3, 0.4) is 0 Å². The maximum absolute atomic E-state index is 14.3. The predicted octanol–water partition coefficient (Wildman–Crippen LogP) is 3.20. The number of Topliss-reactive ketones (excluding diaryl/α,β-unsaturated/α-hetero) is 2. The van der Waals surface area contributed by atoms with Crippen molar-refractivity contribution in [2.24, 2.45) is 56.4 Å². The van der Waals surface area contributed by atoms with E-state index < -0.39 is 65.2 Å². The largest absolute Gasteiger partial charge is 0.370 e. The van der Waals surface area contributed by atoms with Gasteiger partial charge in [-0.15, -0.1) is 0 Å². The van der Waals surface area contributed by atoms with Crippen LogP contribution in [0.4, 0.5) is 0 Å². The molecule has 0 aliphatic rings. The van der Waals surface area contributed by atoms with E-state index in [1.165, 1.54) is 71.2 Å². The summed E-state index contributed by atoms with van der Waals surface area (Å²) in [7, 11) is 1.42. The number of guanidine groups is 2. The summed E-state index contributed by atoms with van der Waals surface area (Å²) in [4.78, 5) is 109. The summed E-state index contributed by atoms with van der Waals surface area (Å²) in [5.74, 6) is -5.54. The summed E-state index contributed by atoms with van der Waals surface area (Å²) in [6.07, 6.45) is 19.1. The maximum atomic E-state index is 14.3. The zero-order valence-corrected chi connectivity index (χ0v) is 41.6. The van der Waals surface area contributed by atoms with E-state index in [9.17, 15) is 33.6 Å². The summed E-state index contributed by atoms with van der Waals surface area (Å²) < 4.78 is 0. The van der Waals surface area contributed by atoms with Gasteiger partial charge in [-0.05, 0) is 50.9 Å². The van der Waals surface area contributed by atoms with Crippen LogP contribution in [0.5, 0.6) is 0 Å². The number of ketones is 2. The van der Waals surface area contributed by atoms with E-state index in [-0.39, 0.29) is 94.6 Å². The molecule has 5 amide bonds. The van der Waals surface area contributed by atoms with E-state index in [0.29, 0.717) is 25.0 Å². The second-order valence-corrected chi connectivity index (χ2v) is 18.4. The number of aromatic nitrogens is 2. The summed E-state index contributed by atoms with van der Waals surface area (Å²) in [5.41, 5.74) is 28.0. The number of nitrogens with two attached hydrogens (primary N) is 5. The van der Waals surface area contributed by atoms with Crippen LogP contribution in [0, 0.1) is 17.8 Å². The maximum Gasteiger partial charge on any atom is 0.243 e. The second-order valence-electron chi connectivity index (χ2n) is 18.4. The van der Waals surface area contributed by atoms with Crippen LogP contribution in [-0.4, -0.2) is 101 Å². The summed E-state index contributed by atoms with van der Waals surface area (Å²) in [6.45, 7) is 6.35. The van der Waals surface area contributed by atoms with Crippen LogP contribution >= 0.6 is 0 Å². The first kappa shape index (κ1) is 60.5. The molecule has 0 bridgehead atoms. The van der Waals surface area contributed by atoms with Crippen molar-refractivity contribution in [2.75, 3.05) is 20.1 Å². The first-order chi connectivity index (χ1) is 32.5. The fourth-order valence-electron chi connectivity index (χ4n) is 8.06. The number of hydrogen-bond acceptors (Lipinski definition) is 10. The predicted molar refractivity (Wildman–Crippen MR) is 266 cm³/mol. The summed E-state index contributed by atoms with van der Waals surface area (Å²) >= 11 is 0. The highest BCUT2D eigenvalue weighted by Crippen LogP contribution is 2.21. The average molecular weight is 958 g/mol. The lowest BCUT2D eigenvalue weighted by Gasteiger charge is -2.26. The van der Waals surface area contributed by atoms with Gasteiger partial charge < -0.3 is 54.9 Å². The fraction of sp³-hybridized carbons (Fsp3) is 0.750. The number of hydrogen-bond donors (Lipinski definition) is 10. The molecule has 1 heterocycles. The standard InChI is InChI=1S/C48H87N13O7/c1-5-6-7-8-9-10-11-12-13-14-15-16-17-22-43(65)59-39(30-36-31-55-32-58-36)46(68)61-38(21-19-26-57-48(52)53)41(63)29-35(27-33(2)3)45(67)60-37(20-18-25-56-47(50)51)40(62)28-34(44(66)54-4)23-24-42(49)64/h31-35,37-39H,5-30H2,1-4H3,(H2,49,64)(H,54,66)(H,55,58)(H,59,65)(H,60,67)(H,61,68)(H4,50,51,56)(H4,52,53,57)/t34-,35-,37+,38+,39+/m1/s1. The molecular formula is C48H87N13O7. The SMILES string of the molecule is CCCCCCCCCCCCCCCC(=O)N[C@@H](Cc1cnc[nH]1)C(=O)N[C@@H](CCCN=C(N)N)C(=O)C[C@@H](CC(C)C)C(=O)N[C@@H](CCCN=C(N)N)C(=O)C[C@@H](CCC(N)=O)C(=O)NC. The van der Waals surface area contributed by atoms with E-state index >= 15 is 0 Å². The minimum Gasteiger partial charge on any atom is -0.370 e. The Bertz CT molecular complexity index is 1700. The monoisotopic (exact) mass is 958 g/mol. The average Bonchev–Trinajstić information content (AvgIpc) is 3.80. The van der Waals surface area contributed by atoms with Crippen LogP contribution in [-0.2, 0) is 40.0 Å². The number of aromatic amines is 1. The first-order valence-corrected chi connectivity index (χ1v) is 25.0. The number of imidazole rings is 1. The smallest absolute Gasteiger partial charge is 0.243 e. The Morgan fingerprint density at radius 2 is 1.10 bits per heavy atom. The van der Waals surface area contributed by atoms with E-state index in [1.807, 2.05) is 13.8 Å². The van der Waals surface area contributed by atoms with Crippen molar-refractivity contribution in [1.82, 2.24) is 31.2 Å². The number of nitrogens with zero attached hydrogens (tertiary/aromatic N) is 3. The fourth-order valence-corrected chi connectivity index (χ4v) is 8.06. The number of carbonyl (C=O) groups excluding carboxylic acids is 7. The van der Waals surface area contributed by atoms with Crippen molar-refractivity contribution in [2.45, 2.75) is 193 Å². The first-order valence-electron chi connectivity index (χ1n) is 25.0. The molecule has 1 aromatic rings. The minimum atomic E-state index is -1.09. The van der Waals surface area contributed by atoms with Crippen LogP contribution in [0.1, 0.15) is 174 Å². The van der Waals surface area contributed by atoms with Gasteiger partial charge in [-0.2, -0.15) is 0 Å². The van der Waals surface area contributed by atoms with Crippen LogP contribution in [0.25, 0.3) is 0 Å². The van der Waals surface area contributed by atoms with Crippen molar-refractivity contribution < 1.29 is 33.6 Å². The third kappa shape index (κ3) is 29.3. The zero-order valence-electron chi connectivity index (χ0n) is 41.6. The third-order valence-corrected chi connectivity index (χ3v) is 11.8. The molecule has 20 heteroatoms. The molecule has 0 saturated carbocycles. The van der Waals surface area contributed by atoms with Gasteiger partial charge in [0.1, 0.15) is 6.04 Å². The number of primary amides is 1. The summed E-state index contributed by atoms with van der Waals surface area (Å²) in [6, 6.07) is -3.21. The van der Waals surface area contributed by atoms with Crippen molar-refractivity contribution >= 4 is 53.0 Å². The second kappa shape index (κ2) is 36.5. The van der Waals surface area contributed by atoms with E-state index in [4.69, 9.17) is 28.7 Å². The molecule has 0 fully saturated rings. The lowest BCUT2D eigenvalue weighted by Crippen LogP contribution is -2.53. The molecule has 0 radical (unpaired) electrons. The number of rotatable bonds is 41.